The van der Waals surface area contributed by atoms with Crippen molar-refractivity contribution in [3.63, 3.8) is 0 Å². The Labute approximate surface area is 213 Å². The van der Waals surface area contributed by atoms with E-state index >= 15 is 0 Å². The van der Waals surface area contributed by atoms with E-state index in [2.05, 4.69) is 23.6 Å². The van der Waals surface area contributed by atoms with E-state index in [-0.39, 0.29) is 23.4 Å². The molecule has 2 aliphatic rings. The molecule has 4 rings (SSSR count). The average Bonchev–Trinajstić information content (AvgIpc) is 3.24. The molecular formula is C28H41F2N3O3. The van der Waals surface area contributed by atoms with E-state index in [9.17, 15) is 13.9 Å². The summed E-state index contributed by atoms with van der Waals surface area (Å²) in [5.74, 6) is -1.66. The van der Waals surface area contributed by atoms with Crippen LogP contribution in [0.3, 0.4) is 0 Å². The molecule has 1 aromatic carbocycles. The summed E-state index contributed by atoms with van der Waals surface area (Å²) in [5.41, 5.74) is 0.230. The third-order valence-electron chi connectivity index (χ3n) is 8.06. The van der Waals surface area contributed by atoms with Gasteiger partial charge >= 0.3 is 0 Å². The van der Waals surface area contributed by atoms with Gasteiger partial charge in [-0.3, -0.25) is 9.80 Å². The van der Waals surface area contributed by atoms with E-state index in [0.29, 0.717) is 31.1 Å². The van der Waals surface area contributed by atoms with Gasteiger partial charge in [0.2, 0.25) is 0 Å². The first-order valence-corrected chi connectivity index (χ1v) is 13.0. The van der Waals surface area contributed by atoms with Crippen molar-refractivity contribution in [1.82, 2.24) is 14.4 Å². The standard InChI is InChI=1S/C28H41F2N3O3/c1-8-33-20(4)18-32-24(26(5,29)30)11-12-25(32)28(33)13-15-31(16-14-28)27(6,34)21-9-10-22(36-19(2)3)23(17-21)35-7/h9-12,17,19-20,34H,8,13-16,18H2,1-7H3. The van der Waals surface area contributed by atoms with Crippen LogP contribution in [0.25, 0.3) is 0 Å². The highest BCUT2D eigenvalue weighted by molar-refractivity contribution is 5.44. The number of alkyl halides is 2. The van der Waals surface area contributed by atoms with Gasteiger partial charge in [-0.2, -0.15) is 0 Å². The summed E-state index contributed by atoms with van der Waals surface area (Å²) in [6.45, 7) is 13.6. The number of rotatable bonds is 7. The molecule has 36 heavy (non-hydrogen) atoms. The molecule has 8 heteroatoms. The fourth-order valence-corrected chi connectivity index (χ4v) is 6.35. The largest absolute Gasteiger partial charge is 0.493 e. The summed E-state index contributed by atoms with van der Waals surface area (Å²) in [5, 5.41) is 11.7. The van der Waals surface area contributed by atoms with Crippen LogP contribution in [-0.2, 0) is 23.7 Å². The van der Waals surface area contributed by atoms with Crippen molar-refractivity contribution in [2.24, 2.45) is 0 Å². The average molecular weight is 506 g/mol. The molecule has 1 aromatic heterocycles. The fourth-order valence-electron chi connectivity index (χ4n) is 6.35. The minimum Gasteiger partial charge on any atom is -0.493 e. The number of ether oxygens (including phenoxy) is 2. The third kappa shape index (κ3) is 4.52. The van der Waals surface area contributed by atoms with Gasteiger partial charge in [-0.1, -0.05) is 13.0 Å². The Morgan fingerprint density at radius 1 is 1.11 bits per heavy atom. The maximum atomic E-state index is 14.4. The molecule has 2 atom stereocenters. The van der Waals surface area contributed by atoms with Crippen molar-refractivity contribution >= 4 is 0 Å². The lowest BCUT2D eigenvalue weighted by molar-refractivity contribution is -0.137. The SMILES string of the molecule is CCN1C(C)Cn2c(C(C)(F)F)ccc2C12CCN(C(C)(O)c1ccc(OC(C)C)c(OC)c1)CC2. The number of likely N-dealkylation sites (N-methyl/N-ethyl adjacent to an activating group) is 1. The van der Waals surface area contributed by atoms with E-state index < -0.39 is 11.6 Å². The Hall–Kier alpha value is -2.16. The van der Waals surface area contributed by atoms with Crippen LogP contribution in [0.2, 0.25) is 0 Å². The molecule has 0 radical (unpaired) electrons. The van der Waals surface area contributed by atoms with Crippen molar-refractivity contribution in [3.8, 4) is 11.5 Å². The van der Waals surface area contributed by atoms with Gasteiger partial charge in [-0.15, -0.1) is 0 Å². The van der Waals surface area contributed by atoms with Crippen LogP contribution >= 0.6 is 0 Å². The molecule has 0 bridgehead atoms. The molecular weight excluding hydrogens is 464 g/mol. The normalized spacial score (nSPS) is 22.5. The van der Waals surface area contributed by atoms with Crippen molar-refractivity contribution in [1.29, 1.82) is 0 Å². The number of halogens is 2. The lowest BCUT2D eigenvalue weighted by Gasteiger charge is -2.56. The van der Waals surface area contributed by atoms with E-state index in [1.54, 1.807) is 13.2 Å². The van der Waals surface area contributed by atoms with E-state index in [4.69, 9.17) is 9.47 Å². The predicted octanol–water partition coefficient (Wildman–Crippen LogP) is 5.28. The van der Waals surface area contributed by atoms with Crippen LogP contribution in [0.15, 0.2) is 30.3 Å². The smallest absolute Gasteiger partial charge is 0.285 e. The maximum absolute atomic E-state index is 14.4. The number of likely N-dealkylation sites (tertiary alicyclic amines) is 1. The van der Waals surface area contributed by atoms with Crippen LogP contribution in [-0.4, -0.2) is 58.4 Å². The monoisotopic (exact) mass is 505 g/mol. The van der Waals surface area contributed by atoms with Crippen molar-refractivity contribution in [2.45, 2.75) is 90.3 Å². The molecule has 1 spiro atoms. The van der Waals surface area contributed by atoms with Crippen LogP contribution < -0.4 is 9.47 Å². The summed E-state index contributed by atoms with van der Waals surface area (Å²) < 4.78 is 42.0. The zero-order valence-corrected chi connectivity index (χ0v) is 22.6. The van der Waals surface area contributed by atoms with Gasteiger partial charge in [0.15, 0.2) is 11.5 Å². The number of fused-ring (bicyclic) bond motifs is 2. The van der Waals surface area contributed by atoms with Gasteiger partial charge in [-0.25, -0.2) is 8.78 Å². The van der Waals surface area contributed by atoms with Gasteiger partial charge in [0.1, 0.15) is 5.72 Å². The summed E-state index contributed by atoms with van der Waals surface area (Å²) in [4.78, 5) is 4.54. The van der Waals surface area contributed by atoms with Crippen LogP contribution in [0, 0.1) is 0 Å². The maximum Gasteiger partial charge on any atom is 0.285 e. The predicted molar refractivity (Wildman–Crippen MR) is 137 cm³/mol. The molecule has 1 N–H and O–H groups in total. The summed E-state index contributed by atoms with van der Waals surface area (Å²) >= 11 is 0. The van der Waals surface area contributed by atoms with Crippen LogP contribution in [0.5, 0.6) is 11.5 Å². The zero-order valence-electron chi connectivity index (χ0n) is 22.6. The minimum absolute atomic E-state index is 0.00932. The topological polar surface area (TPSA) is 50.1 Å². The summed E-state index contributed by atoms with van der Waals surface area (Å²) in [7, 11) is 1.60. The molecule has 3 heterocycles. The number of nitrogens with zero attached hydrogens (tertiary/aromatic N) is 3. The van der Waals surface area contributed by atoms with E-state index in [1.165, 1.54) is 0 Å². The molecule has 0 aliphatic carbocycles. The molecule has 2 aliphatic heterocycles. The first kappa shape index (κ1) is 26.9. The van der Waals surface area contributed by atoms with E-state index in [0.717, 1.165) is 37.6 Å². The second kappa shape index (κ2) is 9.62. The first-order chi connectivity index (χ1) is 16.8. The molecule has 200 valence electrons. The van der Waals surface area contributed by atoms with Crippen LogP contribution in [0.1, 0.15) is 71.3 Å². The Morgan fingerprint density at radius 3 is 2.33 bits per heavy atom. The van der Waals surface area contributed by atoms with Crippen molar-refractivity contribution in [3.05, 3.63) is 47.3 Å². The van der Waals surface area contributed by atoms with Gasteiger partial charge in [0, 0.05) is 43.9 Å². The van der Waals surface area contributed by atoms with Gasteiger partial charge in [0.25, 0.3) is 5.92 Å². The lowest BCUT2D eigenvalue weighted by Crippen LogP contribution is -2.62. The second-order valence-corrected chi connectivity index (χ2v) is 10.8. The Morgan fingerprint density at radius 2 is 1.78 bits per heavy atom. The molecule has 1 fully saturated rings. The van der Waals surface area contributed by atoms with Gasteiger partial charge in [-0.05, 0) is 71.3 Å². The highest BCUT2D eigenvalue weighted by atomic mass is 19.3. The van der Waals surface area contributed by atoms with Crippen molar-refractivity contribution in [2.75, 3.05) is 26.7 Å². The molecule has 2 aromatic rings. The Bertz CT molecular complexity index is 1070. The highest BCUT2D eigenvalue weighted by Gasteiger charge is 2.50. The van der Waals surface area contributed by atoms with Gasteiger partial charge in [0.05, 0.1) is 24.4 Å². The molecule has 0 amide bonds. The second-order valence-electron chi connectivity index (χ2n) is 10.8. The zero-order chi connectivity index (χ0) is 26.5. The molecule has 0 saturated carbocycles. The third-order valence-corrected chi connectivity index (χ3v) is 8.06. The van der Waals surface area contributed by atoms with Crippen molar-refractivity contribution < 1.29 is 23.4 Å². The summed E-state index contributed by atoms with van der Waals surface area (Å²) in [6, 6.07) is 9.19. The van der Waals surface area contributed by atoms with Crippen LogP contribution in [0.4, 0.5) is 8.78 Å². The number of hydrogen-bond donors (Lipinski definition) is 1. The number of benzene rings is 1. The minimum atomic E-state index is -2.89. The number of methoxy groups -OCH3 is 1. The number of aromatic nitrogens is 1. The molecule has 1 saturated heterocycles. The summed E-state index contributed by atoms with van der Waals surface area (Å²) in [6.07, 6.45) is 1.49. The molecule has 2 unspecified atom stereocenters. The quantitative estimate of drug-likeness (QED) is 0.555. The van der Waals surface area contributed by atoms with Gasteiger partial charge < -0.3 is 19.1 Å². The van der Waals surface area contributed by atoms with E-state index in [1.807, 2.05) is 49.6 Å². The lowest BCUT2D eigenvalue weighted by atomic mass is 9.79. The highest BCUT2D eigenvalue weighted by Crippen LogP contribution is 2.47. The fraction of sp³-hybridized carbons (Fsp3) is 0.643. The number of aliphatic hydroxyl groups is 1. The number of piperidine rings is 1. The number of hydrogen-bond acceptors (Lipinski definition) is 5. The Kier molecular flexibility index (Phi) is 7.18. The Balaban J connectivity index is 1.62. The molecule has 6 nitrogen and oxygen atoms in total. The first-order valence-electron chi connectivity index (χ1n) is 13.0.